The van der Waals surface area contributed by atoms with Crippen LogP contribution >= 0.6 is 0 Å². The molecule has 0 atom stereocenters. The number of piperidine rings is 1. The molecule has 1 saturated heterocycles. The predicted molar refractivity (Wildman–Crippen MR) is 96.2 cm³/mol. The molecule has 4 rings (SSSR count). The Balaban J connectivity index is 1.34. The van der Waals surface area contributed by atoms with E-state index in [1.807, 2.05) is 0 Å². The lowest BCUT2D eigenvalue weighted by molar-refractivity contribution is -0.121. The Morgan fingerprint density at radius 3 is 2.56 bits per heavy atom. The van der Waals surface area contributed by atoms with Crippen LogP contribution in [0.2, 0.25) is 0 Å². The van der Waals surface area contributed by atoms with Gasteiger partial charge >= 0.3 is 0 Å². The van der Waals surface area contributed by atoms with Gasteiger partial charge in [-0.1, -0.05) is 12.1 Å². The summed E-state index contributed by atoms with van der Waals surface area (Å²) in [4.78, 5) is 26.6. The molecule has 27 heavy (non-hydrogen) atoms. The van der Waals surface area contributed by atoms with Crippen molar-refractivity contribution in [2.75, 3.05) is 25.2 Å². The molecule has 0 aliphatic carbocycles. The average Bonchev–Trinajstić information content (AvgIpc) is 3.16. The minimum Gasteiger partial charge on any atom is -0.454 e. The van der Waals surface area contributed by atoms with Gasteiger partial charge in [0.2, 0.25) is 12.7 Å². The number of ether oxygens (including phenoxy) is 2. The zero-order valence-electron chi connectivity index (χ0n) is 14.6. The molecule has 0 unspecified atom stereocenters. The van der Waals surface area contributed by atoms with Crippen molar-refractivity contribution in [3.63, 3.8) is 0 Å². The summed E-state index contributed by atoms with van der Waals surface area (Å²) in [6.45, 7) is 1.03. The van der Waals surface area contributed by atoms with E-state index in [2.05, 4.69) is 5.32 Å². The van der Waals surface area contributed by atoms with Crippen LogP contribution in [0.15, 0.2) is 42.5 Å². The minimum atomic E-state index is -0.523. The Hall–Kier alpha value is -3.09. The number of anilines is 1. The van der Waals surface area contributed by atoms with Crippen LogP contribution < -0.4 is 14.8 Å². The van der Waals surface area contributed by atoms with Gasteiger partial charge in [0.05, 0.1) is 5.56 Å². The molecule has 2 aliphatic rings. The number of benzene rings is 2. The van der Waals surface area contributed by atoms with Crippen LogP contribution in [0.3, 0.4) is 0 Å². The average molecular weight is 370 g/mol. The Morgan fingerprint density at radius 1 is 1.04 bits per heavy atom. The fraction of sp³-hybridized carbons (Fsp3) is 0.300. The predicted octanol–water partition coefficient (Wildman–Crippen LogP) is 3.05. The summed E-state index contributed by atoms with van der Waals surface area (Å²) in [5.74, 6) is 0.130. The minimum absolute atomic E-state index is 0.0701. The van der Waals surface area contributed by atoms with Crippen molar-refractivity contribution in [1.82, 2.24) is 4.90 Å². The van der Waals surface area contributed by atoms with Crippen LogP contribution in [0, 0.1) is 11.7 Å². The fourth-order valence-electron chi connectivity index (χ4n) is 3.37. The van der Waals surface area contributed by atoms with E-state index in [0.29, 0.717) is 43.1 Å². The van der Waals surface area contributed by atoms with Crippen molar-refractivity contribution in [2.24, 2.45) is 5.92 Å². The first-order valence-corrected chi connectivity index (χ1v) is 8.86. The molecule has 2 heterocycles. The van der Waals surface area contributed by atoms with Crippen LogP contribution in [-0.2, 0) is 4.79 Å². The summed E-state index contributed by atoms with van der Waals surface area (Å²) in [5, 5.41) is 2.89. The van der Waals surface area contributed by atoms with E-state index < -0.39 is 5.82 Å². The first-order valence-electron chi connectivity index (χ1n) is 8.86. The van der Waals surface area contributed by atoms with E-state index in [-0.39, 0.29) is 30.1 Å². The highest BCUT2D eigenvalue weighted by Crippen LogP contribution is 2.34. The largest absolute Gasteiger partial charge is 0.454 e. The number of nitrogens with one attached hydrogen (secondary N) is 1. The number of halogens is 1. The van der Waals surface area contributed by atoms with Crippen molar-refractivity contribution >= 4 is 17.5 Å². The summed E-state index contributed by atoms with van der Waals surface area (Å²) >= 11 is 0. The molecule has 6 nitrogen and oxygen atoms in total. The quantitative estimate of drug-likeness (QED) is 0.902. The van der Waals surface area contributed by atoms with Crippen molar-refractivity contribution in [3.8, 4) is 11.5 Å². The summed E-state index contributed by atoms with van der Waals surface area (Å²) in [5.41, 5.74) is 0.717. The highest BCUT2D eigenvalue weighted by molar-refractivity contribution is 5.95. The van der Waals surface area contributed by atoms with Gasteiger partial charge in [-0.2, -0.15) is 0 Å². The third-order valence-electron chi connectivity index (χ3n) is 4.90. The number of hydrogen-bond acceptors (Lipinski definition) is 4. The smallest absolute Gasteiger partial charge is 0.256 e. The maximum atomic E-state index is 13.8. The number of carbonyl (C=O) groups is 2. The van der Waals surface area contributed by atoms with Gasteiger partial charge in [-0.25, -0.2) is 4.39 Å². The molecule has 1 N–H and O–H groups in total. The van der Waals surface area contributed by atoms with Crippen LogP contribution in [-0.4, -0.2) is 36.6 Å². The normalized spacial score (nSPS) is 16.3. The maximum Gasteiger partial charge on any atom is 0.256 e. The number of rotatable bonds is 3. The highest BCUT2D eigenvalue weighted by atomic mass is 19.1. The third kappa shape index (κ3) is 3.58. The van der Waals surface area contributed by atoms with Gasteiger partial charge in [-0.05, 0) is 37.1 Å². The fourth-order valence-corrected chi connectivity index (χ4v) is 3.37. The molecule has 0 aromatic heterocycles. The van der Waals surface area contributed by atoms with Gasteiger partial charge < -0.3 is 19.7 Å². The molecular weight excluding hydrogens is 351 g/mol. The van der Waals surface area contributed by atoms with E-state index in [1.165, 1.54) is 12.1 Å². The van der Waals surface area contributed by atoms with Crippen molar-refractivity contribution in [3.05, 3.63) is 53.8 Å². The highest BCUT2D eigenvalue weighted by Gasteiger charge is 2.29. The topological polar surface area (TPSA) is 67.9 Å². The summed E-state index contributed by atoms with van der Waals surface area (Å²) in [7, 11) is 0. The number of amides is 2. The van der Waals surface area contributed by atoms with Gasteiger partial charge in [-0.15, -0.1) is 0 Å². The summed E-state index contributed by atoms with van der Waals surface area (Å²) in [6, 6.07) is 11.2. The van der Waals surface area contributed by atoms with E-state index in [1.54, 1.807) is 35.2 Å². The Labute approximate surface area is 155 Å². The lowest BCUT2D eigenvalue weighted by Crippen LogP contribution is -2.41. The first-order chi connectivity index (χ1) is 13.1. The van der Waals surface area contributed by atoms with Gasteiger partial charge in [0, 0.05) is 30.8 Å². The van der Waals surface area contributed by atoms with E-state index in [4.69, 9.17) is 9.47 Å². The second-order valence-electron chi connectivity index (χ2n) is 6.60. The number of carbonyl (C=O) groups excluding carboxylic acids is 2. The summed E-state index contributed by atoms with van der Waals surface area (Å²) < 4.78 is 24.4. The van der Waals surface area contributed by atoms with Gasteiger partial charge in [0.25, 0.3) is 5.91 Å². The monoisotopic (exact) mass is 370 g/mol. The number of likely N-dealkylation sites (tertiary alicyclic amines) is 1. The van der Waals surface area contributed by atoms with Crippen LogP contribution in [0.1, 0.15) is 23.2 Å². The molecule has 2 aromatic rings. The number of nitrogens with zero attached hydrogens (tertiary/aromatic N) is 1. The Morgan fingerprint density at radius 2 is 1.78 bits per heavy atom. The van der Waals surface area contributed by atoms with E-state index >= 15 is 0 Å². The van der Waals surface area contributed by atoms with Gasteiger partial charge in [0.1, 0.15) is 5.82 Å². The molecule has 2 amide bonds. The Bertz CT molecular complexity index is 878. The lowest BCUT2D eigenvalue weighted by Gasteiger charge is -2.31. The first kappa shape index (κ1) is 17.3. The zero-order chi connectivity index (χ0) is 18.8. The standard InChI is InChI=1S/C20H19FN2O4/c21-16-4-2-1-3-15(16)20(25)23-9-7-13(8-10-23)19(24)22-14-5-6-17-18(11-14)27-12-26-17/h1-6,11,13H,7-10,12H2,(H,22,24). The molecule has 2 aliphatic heterocycles. The van der Waals surface area contributed by atoms with Crippen LogP contribution in [0.25, 0.3) is 0 Å². The second-order valence-corrected chi connectivity index (χ2v) is 6.60. The van der Waals surface area contributed by atoms with Crippen molar-refractivity contribution in [2.45, 2.75) is 12.8 Å². The molecule has 0 radical (unpaired) electrons. The molecule has 0 bridgehead atoms. The van der Waals surface area contributed by atoms with Crippen molar-refractivity contribution < 1.29 is 23.5 Å². The van der Waals surface area contributed by atoms with Crippen LogP contribution in [0.4, 0.5) is 10.1 Å². The molecule has 1 fully saturated rings. The molecule has 7 heteroatoms. The molecule has 0 spiro atoms. The van der Waals surface area contributed by atoms with Gasteiger partial charge in [0.15, 0.2) is 11.5 Å². The molecule has 2 aromatic carbocycles. The Kier molecular flexibility index (Phi) is 4.66. The lowest BCUT2D eigenvalue weighted by atomic mass is 9.95. The zero-order valence-corrected chi connectivity index (χ0v) is 14.6. The van der Waals surface area contributed by atoms with Gasteiger partial charge in [-0.3, -0.25) is 9.59 Å². The van der Waals surface area contributed by atoms with Crippen molar-refractivity contribution in [1.29, 1.82) is 0 Å². The maximum absolute atomic E-state index is 13.8. The number of hydrogen-bond donors (Lipinski definition) is 1. The molecule has 140 valence electrons. The molecular formula is C20H19FN2O4. The SMILES string of the molecule is O=C(Nc1ccc2c(c1)OCO2)C1CCN(C(=O)c2ccccc2F)CC1. The van der Waals surface area contributed by atoms with E-state index in [9.17, 15) is 14.0 Å². The number of fused-ring (bicyclic) bond motifs is 1. The van der Waals surface area contributed by atoms with E-state index in [0.717, 1.165) is 0 Å². The summed E-state index contributed by atoms with van der Waals surface area (Å²) in [6.07, 6.45) is 1.08. The molecule has 0 saturated carbocycles. The van der Waals surface area contributed by atoms with Crippen LogP contribution in [0.5, 0.6) is 11.5 Å². The third-order valence-corrected chi connectivity index (χ3v) is 4.90. The second kappa shape index (κ2) is 7.26.